The summed E-state index contributed by atoms with van der Waals surface area (Å²) in [5, 5.41) is 8.35. The van der Waals surface area contributed by atoms with Crippen LogP contribution in [-0.2, 0) is 0 Å². The molecular formula is C26H17BrClN3O2S. The standard InChI is InChI=1S/C26H17BrClN3O2S/c1-14-8-10-19(21(28)12-14)25-30-22-13-15(9-11-23(22)33-25)29-26(34)31-24(32)18-6-2-5-17-16(18)4-3-7-20(17)27/h2-13H,1H3,(H2,29,31,32,34). The first-order valence-corrected chi connectivity index (χ1v) is 11.9. The Kier molecular flexibility index (Phi) is 6.08. The molecule has 0 aliphatic rings. The molecule has 0 aliphatic heterocycles. The van der Waals surface area contributed by atoms with Crippen molar-refractivity contribution >= 4 is 78.3 Å². The third-order valence-corrected chi connectivity index (χ3v) is 6.55. The third kappa shape index (κ3) is 4.42. The van der Waals surface area contributed by atoms with Crippen LogP contribution in [0, 0.1) is 6.92 Å². The monoisotopic (exact) mass is 549 g/mol. The number of halogens is 2. The van der Waals surface area contributed by atoms with E-state index in [2.05, 4.69) is 31.5 Å². The molecule has 5 aromatic rings. The Morgan fingerprint density at radius 3 is 2.65 bits per heavy atom. The van der Waals surface area contributed by atoms with Crippen molar-refractivity contribution in [3.63, 3.8) is 0 Å². The van der Waals surface area contributed by atoms with Crippen LogP contribution in [0.25, 0.3) is 33.3 Å². The van der Waals surface area contributed by atoms with Gasteiger partial charge in [-0.2, -0.15) is 0 Å². The van der Waals surface area contributed by atoms with E-state index in [-0.39, 0.29) is 11.0 Å². The van der Waals surface area contributed by atoms with Gasteiger partial charge in [0.25, 0.3) is 5.91 Å². The minimum Gasteiger partial charge on any atom is -0.436 e. The van der Waals surface area contributed by atoms with Gasteiger partial charge in [-0.15, -0.1) is 0 Å². The van der Waals surface area contributed by atoms with Crippen molar-refractivity contribution < 1.29 is 9.21 Å². The fourth-order valence-electron chi connectivity index (χ4n) is 3.72. The molecule has 0 unspecified atom stereocenters. The van der Waals surface area contributed by atoms with Gasteiger partial charge in [0.1, 0.15) is 5.52 Å². The first kappa shape index (κ1) is 22.5. The second-order valence-corrected chi connectivity index (χ2v) is 9.40. The molecule has 2 N–H and O–H groups in total. The molecule has 0 atom stereocenters. The van der Waals surface area contributed by atoms with E-state index in [4.69, 9.17) is 28.2 Å². The number of hydrogen-bond donors (Lipinski definition) is 2. The fourth-order valence-corrected chi connectivity index (χ4v) is 4.74. The summed E-state index contributed by atoms with van der Waals surface area (Å²) < 4.78 is 6.80. The molecule has 4 aromatic carbocycles. The molecule has 5 rings (SSSR count). The van der Waals surface area contributed by atoms with Crippen molar-refractivity contribution in [3.05, 3.63) is 93.4 Å². The minimum absolute atomic E-state index is 0.182. The number of amides is 1. The number of fused-ring (bicyclic) bond motifs is 2. The van der Waals surface area contributed by atoms with Gasteiger partial charge < -0.3 is 9.73 Å². The zero-order valence-corrected chi connectivity index (χ0v) is 21.0. The van der Waals surface area contributed by atoms with E-state index >= 15 is 0 Å². The first-order valence-electron chi connectivity index (χ1n) is 10.4. The number of aryl methyl sites for hydroxylation is 1. The molecule has 1 heterocycles. The summed E-state index contributed by atoms with van der Waals surface area (Å²) in [4.78, 5) is 17.5. The van der Waals surface area contributed by atoms with Crippen molar-refractivity contribution in [3.8, 4) is 11.5 Å². The van der Waals surface area contributed by atoms with E-state index in [9.17, 15) is 4.79 Å². The summed E-state index contributed by atoms with van der Waals surface area (Å²) in [5.74, 6) is 0.148. The Hall–Kier alpha value is -3.26. The summed E-state index contributed by atoms with van der Waals surface area (Å²) in [7, 11) is 0. The van der Waals surface area contributed by atoms with E-state index < -0.39 is 0 Å². The number of aromatic nitrogens is 1. The van der Waals surface area contributed by atoms with Crippen LogP contribution >= 0.6 is 39.7 Å². The van der Waals surface area contributed by atoms with Crippen LogP contribution < -0.4 is 10.6 Å². The lowest BCUT2D eigenvalue weighted by molar-refractivity contribution is 0.0979. The average molecular weight is 551 g/mol. The minimum atomic E-state index is -0.292. The summed E-state index contributed by atoms with van der Waals surface area (Å²) >= 11 is 15.3. The predicted octanol–water partition coefficient (Wildman–Crippen LogP) is 7.50. The van der Waals surface area contributed by atoms with E-state index in [1.807, 2.05) is 61.5 Å². The molecule has 168 valence electrons. The molecule has 1 aromatic heterocycles. The van der Waals surface area contributed by atoms with Crippen molar-refractivity contribution in [1.82, 2.24) is 10.3 Å². The quantitative estimate of drug-likeness (QED) is 0.228. The number of rotatable bonds is 3. The predicted molar refractivity (Wildman–Crippen MR) is 145 cm³/mol. The number of anilines is 1. The summed E-state index contributed by atoms with van der Waals surface area (Å²) in [6.45, 7) is 1.97. The highest BCUT2D eigenvalue weighted by Gasteiger charge is 2.15. The maximum Gasteiger partial charge on any atom is 0.258 e. The molecule has 1 amide bonds. The van der Waals surface area contributed by atoms with Crippen molar-refractivity contribution in [2.24, 2.45) is 0 Å². The number of benzene rings is 4. The zero-order valence-electron chi connectivity index (χ0n) is 17.9. The van der Waals surface area contributed by atoms with Crippen LogP contribution in [0.5, 0.6) is 0 Å². The van der Waals surface area contributed by atoms with E-state index in [1.165, 1.54) is 0 Å². The van der Waals surface area contributed by atoms with Gasteiger partial charge in [0.15, 0.2) is 10.7 Å². The number of thiocarbonyl (C=S) groups is 1. The second kappa shape index (κ2) is 9.18. The Labute approximate surface area is 214 Å². The molecule has 8 heteroatoms. The normalized spacial score (nSPS) is 11.0. The van der Waals surface area contributed by atoms with E-state index in [1.54, 1.807) is 18.2 Å². The zero-order chi connectivity index (χ0) is 23.8. The van der Waals surface area contributed by atoms with Gasteiger partial charge in [0.05, 0.1) is 10.6 Å². The van der Waals surface area contributed by atoms with Gasteiger partial charge in [-0.05, 0) is 77.9 Å². The smallest absolute Gasteiger partial charge is 0.258 e. The number of carbonyl (C=O) groups is 1. The maximum absolute atomic E-state index is 12.9. The summed E-state index contributed by atoms with van der Waals surface area (Å²) in [5.41, 5.74) is 4.26. The molecule has 0 spiro atoms. The molecule has 34 heavy (non-hydrogen) atoms. The van der Waals surface area contributed by atoms with Crippen molar-refractivity contribution in [2.45, 2.75) is 6.92 Å². The Morgan fingerprint density at radius 2 is 1.82 bits per heavy atom. The Balaban J connectivity index is 1.35. The number of oxazole rings is 1. The highest BCUT2D eigenvalue weighted by atomic mass is 79.9. The third-order valence-electron chi connectivity index (χ3n) is 5.34. The molecule has 0 fully saturated rings. The van der Waals surface area contributed by atoms with Gasteiger partial charge in [-0.3, -0.25) is 10.1 Å². The summed E-state index contributed by atoms with van der Waals surface area (Å²) in [6, 6.07) is 22.4. The molecule has 0 radical (unpaired) electrons. The molecule has 0 aliphatic carbocycles. The van der Waals surface area contributed by atoms with Crippen molar-refractivity contribution in [1.29, 1.82) is 0 Å². The molecule has 0 saturated carbocycles. The first-order chi connectivity index (χ1) is 16.4. The Bertz CT molecular complexity index is 1600. The second-order valence-electron chi connectivity index (χ2n) is 7.73. The largest absolute Gasteiger partial charge is 0.436 e. The summed E-state index contributed by atoms with van der Waals surface area (Å²) in [6.07, 6.45) is 0. The molecular weight excluding hydrogens is 534 g/mol. The van der Waals surface area contributed by atoms with E-state index in [0.717, 1.165) is 26.4 Å². The van der Waals surface area contributed by atoms with E-state index in [0.29, 0.717) is 33.3 Å². The number of nitrogens with zero attached hydrogens (tertiary/aromatic N) is 1. The lowest BCUT2D eigenvalue weighted by Crippen LogP contribution is -2.34. The lowest BCUT2D eigenvalue weighted by atomic mass is 10.0. The topological polar surface area (TPSA) is 67.2 Å². The molecule has 0 saturated heterocycles. The van der Waals surface area contributed by atoms with Crippen LogP contribution in [0.4, 0.5) is 5.69 Å². The highest BCUT2D eigenvalue weighted by Crippen LogP contribution is 2.31. The number of carbonyl (C=O) groups excluding carboxylic acids is 1. The van der Waals surface area contributed by atoms with Crippen LogP contribution in [0.3, 0.4) is 0 Å². The van der Waals surface area contributed by atoms with Crippen LogP contribution in [-0.4, -0.2) is 16.0 Å². The fraction of sp³-hybridized carbons (Fsp3) is 0.0385. The van der Waals surface area contributed by atoms with Crippen LogP contribution in [0.2, 0.25) is 5.02 Å². The van der Waals surface area contributed by atoms with Crippen LogP contribution in [0.15, 0.2) is 81.7 Å². The number of nitrogens with one attached hydrogen (secondary N) is 2. The SMILES string of the molecule is Cc1ccc(-c2nc3cc(NC(=S)NC(=O)c4cccc5c(Br)cccc45)ccc3o2)c(Cl)c1. The van der Waals surface area contributed by atoms with Gasteiger partial charge in [0, 0.05) is 15.7 Å². The van der Waals surface area contributed by atoms with Crippen LogP contribution in [0.1, 0.15) is 15.9 Å². The lowest BCUT2D eigenvalue weighted by Gasteiger charge is -2.11. The Morgan fingerprint density at radius 1 is 1.03 bits per heavy atom. The van der Waals surface area contributed by atoms with Gasteiger partial charge in [0.2, 0.25) is 5.89 Å². The van der Waals surface area contributed by atoms with Crippen molar-refractivity contribution in [2.75, 3.05) is 5.32 Å². The van der Waals surface area contributed by atoms with Gasteiger partial charge in [-0.1, -0.05) is 57.9 Å². The van der Waals surface area contributed by atoms with Gasteiger partial charge >= 0.3 is 0 Å². The molecule has 0 bridgehead atoms. The molecule has 5 nitrogen and oxygen atoms in total. The van der Waals surface area contributed by atoms with Gasteiger partial charge in [-0.25, -0.2) is 4.98 Å². The maximum atomic E-state index is 12.9. The highest BCUT2D eigenvalue weighted by molar-refractivity contribution is 9.10. The number of hydrogen-bond acceptors (Lipinski definition) is 4. The average Bonchev–Trinajstić information content (AvgIpc) is 3.22.